The van der Waals surface area contributed by atoms with Crippen LogP contribution in [-0.2, 0) is 6.61 Å². The van der Waals surface area contributed by atoms with Crippen molar-refractivity contribution in [2.75, 3.05) is 5.32 Å². The van der Waals surface area contributed by atoms with Crippen molar-refractivity contribution < 1.29 is 14.1 Å². The lowest BCUT2D eigenvalue weighted by atomic mass is 10.1. The van der Waals surface area contributed by atoms with Crippen LogP contribution in [0.4, 0.5) is 5.69 Å². The first-order valence-corrected chi connectivity index (χ1v) is 9.71. The highest BCUT2D eigenvalue weighted by atomic mass is 16.5. The number of anilines is 1. The topological polar surface area (TPSA) is 64.4 Å². The molecule has 0 bridgehead atoms. The van der Waals surface area contributed by atoms with E-state index in [-0.39, 0.29) is 18.2 Å². The second-order valence-electron chi connectivity index (χ2n) is 7.07. The van der Waals surface area contributed by atoms with Gasteiger partial charge in [-0.25, -0.2) is 0 Å². The van der Waals surface area contributed by atoms with Gasteiger partial charge in [0.2, 0.25) is 0 Å². The van der Waals surface area contributed by atoms with Crippen LogP contribution in [0.2, 0.25) is 0 Å². The maximum atomic E-state index is 12.8. The molecule has 0 saturated carbocycles. The molecule has 150 valence electrons. The van der Waals surface area contributed by atoms with Crippen molar-refractivity contribution in [1.82, 2.24) is 5.16 Å². The number of aryl methyl sites for hydroxylation is 2. The van der Waals surface area contributed by atoms with E-state index in [2.05, 4.69) is 10.5 Å². The largest absolute Gasteiger partial charge is 0.489 e. The van der Waals surface area contributed by atoms with E-state index in [1.165, 1.54) is 0 Å². The molecule has 3 aromatic carbocycles. The van der Waals surface area contributed by atoms with Crippen LogP contribution in [-0.4, -0.2) is 11.1 Å². The van der Waals surface area contributed by atoms with Crippen LogP contribution < -0.4 is 10.1 Å². The third kappa shape index (κ3) is 4.41. The van der Waals surface area contributed by atoms with E-state index in [9.17, 15) is 4.79 Å². The van der Waals surface area contributed by atoms with E-state index in [1.54, 1.807) is 6.92 Å². The summed E-state index contributed by atoms with van der Waals surface area (Å²) in [6, 6.07) is 25.5. The Morgan fingerprint density at radius 2 is 1.57 bits per heavy atom. The van der Waals surface area contributed by atoms with Gasteiger partial charge in [-0.3, -0.25) is 4.79 Å². The van der Waals surface area contributed by atoms with Crippen LogP contribution in [0.25, 0.3) is 11.1 Å². The van der Waals surface area contributed by atoms with Gasteiger partial charge >= 0.3 is 0 Å². The predicted octanol–water partition coefficient (Wildman–Crippen LogP) is 5.79. The van der Waals surface area contributed by atoms with Crippen LogP contribution in [0.1, 0.15) is 27.4 Å². The van der Waals surface area contributed by atoms with Crippen LogP contribution in [0.15, 0.2) is 83.4 Å². The monoisotopic (exact) mass is 398 g/mol. The molecule has 4 aromatic rings. The third-order valence-corrected chi connectivity index (χ3v) is 4.85. The van der Waals surface area contributed by atoms with Gasteiger partial charge in [-0.15, -0.1) is 0 Å². The highest BCUT2D eigenvalue weighted by molar-refractivity contribution is 6.04. The Labute approximate surface area is 175 Å². The van der Waals surface area contributed by atoms with Crippen LogP contribution >= 0.6 is 0 Å². The van der Waals surface area contributed by atoms with Crippen molar-refractivity contribution in [2.45, 2.75) is 20.5 Å². The van der Waals surface area contributed by atoms with Gasteiger partial charge in [-0.05, 0) is 49.2 Å². The average Bonchev–Trinajstić information content (AvgIpc) is 3.15. The van der Waals surface area contributed by atoms with Crippen LogP contribution in [0, 0.1) is 13.8 Å². The summed E-state index contributed by atoms with van der Waals surface area (Å²) in [5, 5.41) is 6.82. The summed E-state index contributed by atoms with van der Waals surface area (Å²) >= 11 is 0. The number of hydrogen-bond donors (Lipinski definition) is 1. The molecular weight excluding hydrogens is 376 g/mol. The first-order valence-electron chi connectivity index (χ1n) is 9.71. The molecule has 0 radical (unpaired) electrons. The summed E-state index contributed by atoms with van der Waals surface area (Å²) in [5.41, 5.74) is 4.91. The number of amides is 1. The number of nitrogens with one attached hydrogen (secondary N) is 1. The quantitative estimate of drug-likeness (QED) is 0.446. The lowest BCUT2D eigenvalue weighted by Gasteiger charge is -2.08. The second kappa shape index (κ2) is 8.66. The summed E-state index contributed by atoms with van der Waals surface area (Å²) in [4.78, 5) is 12.8. The number of benzene rings is 3. The fourth-order valence-electron chi connectivity index (χ4n) is 3.10. The molecule has 1 N–H and O–H groups in total. The highest BCUT2D eigenvalue weighted by Gasteiger charge is 2.20. The minimum Gasteiger partial charge on any atom is -0.489 e. The van der Waals surface area contributed by atoms with Crippen molar-refractivity contribution >= 4 is 11.6 Å². The van der Waals surface area contributed by atoms with Crippen molar-refractivity contribution in [3.05, 3.63) is 101 Å². The summed E-state index contributed by atoms with van der Waals surface area (Å²) in [6.45, 7) is 3.99. The van der Waals surface area contributed by atoms with Gasteiger partial charge in [0.1, 0.15) is 18.1 Å². The zero-order valence-corrected chi connectivity index (χ0v) is 16.9. The standard InChI is InChI=1S/C25H22N2O3/c1-17-8-14-22(15-9-17)29-16-23-18(2)30-27-24(23)25(28)26-21-12-10-20(11-13-21)19-6-4-3-5-7-19/h3-15H,16H2,1-2H3,(H,26,28). The molecule has 0 aliphatic rings. The van der Waals surface area contributed by atoms with E-state index in [4.69, 9.17) is 9.26 Å². The van der Waals surface area contributed by atoms with E-state index >= 15 is 0 Å². The minimum absolute atomic E-state index is 0.202. The zero-order valence-electron chi connectivity index (χ0n) is 16.9. The molecule has 30 heavy (non-hydrogen) atoms. The fourth-order valence-corrected chi connectivity index (χ4v) is 3.10. The van der Waals surface area contributed by atoms with Crippen molar-refractivity contribution in [1.29, 1.82) is 0 Å². The SMILES string of the molecule is Cc1ccc(OCc2c(C(=O)Nc3ccc(-c4ccccc4)cc3)noc2C)cc1. The number of hydrogen-bond acceptors (Lipinski definition) is 4. The van der Waals surface area contributed by atoms with Gasteiger partial charge in [0.25, 0.3) is 5.91 Å². The van der Waals surface area contributed by atoms with Crippen LogP contribution in [0.3, 0.4) is 0 Å². The van der Waals surface area contributed by atoms with E-state index in [1.807, 2.05) is 85.8 Å². The molecule has 5 heteroatoms. The number of ether oxygens (including phenoxy) is 1. The molecule has 1 aromatic heterocycles. The Hall–Kier alpha value is -3.86. The summed E-state index contributed by atoms with van der Waals surface area (Å²) in [5.74, 6) is 0.956. The number of carbonyl (C=O) groups is 1. The van der Waals surface area contributed by atoms with E-state index in [0.29, 0.717) is 17.0 Å². The number of rotatable bonds is 6. The molecule has 4 rings (SSSR count). The molecule has 0 fully saturated rings. The third-order valence-electron chi connectivity index (χ3n) is 4.85. The first kappa shape index (κ1) is 19.5. The smallest absolute Gasteiger partial charge is 0.278 e. The molecule has 0 unspecified atom stereocenters. The minimum atomic E-state index is -0.332. The van der Waals surface area contributed by atoms with Crippen molar-refractivity contribution in [2.24, 2.45) is 0 Å². The van der Waals surface area contributed by atoms with Gasteiger partial charge in [0, 0.05) is 5.69 Å². The van der Waals surface area contributed by atoms with Gasteiger partial charge in [-0.1, -0.05) is 65.3 Å². The maximum absolute atomic E-state index is 12.8. The lowest BCUT2D eigenvalue weighted by Crippen LogP contribution is -2.15. The van der Waals surface area contributed by atoms with Crippen LogP contribution in [0.5, 0.6) is 5.75 Å². The molecule has 0 spiro atoms. The molecule has 0 aliphatic heterocycles. The Balaban J connectivity index is 1.45. The average molecular weight is 398 g/mol. The molecule has 0 atom stereocenters. The van der Waals surface area contributed by atoms with Crippen molar-refractivity contribution in [3.8, 4) is 16.9 Å². The molecule has 5 nitrogen and oxygen atoms in total. The van der Waals surface area contributed by atoms with Gasteiger partial charge in [0.15, 0.2) is 5.69 Å². The Morgan fingerprint density at radius 1 is 0.900 bits per heavy atom. The Morgan fingerprint density at radius 3 is 2.27 bits per heavy atom. The van der Waals surface area contributed by atoms with E-state index in [0.717, 1.165) is 22.4 Å². The summed E-state index contributed by atoms with van der Waals surface area (Å²) in [7, 11) is 0. The normalized spacial score (nSPS) is 10.6. The molecule has 0 aliphatic carbocycles. The fraction of sp³-hybridized carbons (Fsp3) is 0.120. The molecule has 1 amide bonds. The van der Waals surface area contributed by atoms with E-state index < -0.39 is 0 Å². The number of nitrogens with zero attached hydrogens (tertiary/aromatic N) is 1. The van der Waals surface area contributed by atoms with Gasteiger partial charge < -0.3 is 14.6 Å². The first-order chi connectivity index (χ1) is 14.6. The molecule has 1 heterocycles. The maximum Gasteiger partial charge on any atom is 0.278 e. The Bertz CT molecular complexity index is 1130. The number of carbonyl (C=O) groups excluding carboxylic acids is 1. The zero-order chi connectivity index (χ0) is 20.9. The summed E-state index contributed by atoms with van der Waals surface area (Å²) < 4.78 is 11.1. The van der Waals surface area contributed by atoms with Gasteiger partial charge in [0.05, 0.1) is 5.56 Å². The molecular formula is C25H22N2O3. The lowest BCUT2D eigenvalue weighted by molar-refractivity contribution is 0.101. The highest BCUT2D eigenvalue weighted by Crippen LogP contribution is 2.23. The molecule has 0 saturated heterocycles. The Kier molecular flexibility index (Phi) is 5.61. The van der Waals surface area contributed by atoms with Crippen molar-refractivity contribution in [3.63, 3.8) is 0 Å². The van der Waals surface area contributed by atoms with Gasteiger partial charge in [-0.2, -0.15) is 0 Å². The predicted molar refractivity (Wildman–Crippen MR) is 117 cm³/mol. The number of aromatic nitrogens is 1. The summed E-state index contributed by atoms with van der Waals surface area (Å²) in [6.07, 6.45) is 0. The second-order valence-corrected chi connectivity index (χ2v) is 7.07.